The first kappa shape index (κ1) is 9.25. The summed E-state index contributed by atoms with van der Waals surface area (Å²) in [6, 6.07) is 0. The summed E-state index contributed by atoms with van der Waals surface area (Å²) in [5, 5.41) is 10.2. The second kappa shape index (κ2) is 6.37. The van der Waals surface area contributed by atoms with E-state index in [1.807, 2.05) is 0 Å². The Bertz CT molecular complexity index is 56.9. The van der Waals surface area contributed by atoms with Crippen LogP contribution in [0.15, 0.2) is 0 Å². The number of hydrogen-bond acceptors (Lipinski definition) is 0. The minimum atomic E-state index is 0.0489. The summed E-state index contributed by atoms with van der Waals surface area (Å²) >= 11 is 5.80. The van der Waals surface area contributed by atoms with Crippen molar-refractivity contribution in [3.63, 3.8) is 0 Å². The fraction of sp³-hybridized carbons (Fsp3) is 1.00. The highest BCUT2D eigenvalue weighted by molar-refractivity contribution is 6.20. The molecule has 0 N–H and O–H groups in total. The van der Waals surface area contributed by atoms with Gasteiger partial charge in [0.25, 0.3) is 0 Å². The Labute approximate surface area is 62.0 Å². The molecule has 0 fully saturated rings. The molecule has 55 valence electrons. The molecule has 1 nitrogen and oxygen atoms in total. The van der Waals surface area contributed by atoms with Crippen molar-refractivity contribution in [3.8, 4) is 0 Å². The molecule has 0 saturated heterocycles. The van der Waals surface area contributed by atoms with Crippen LogP contribution >= 0.6 is 11.6 Å². The molecule has 0 aliphatic heterocycles. The Kier molecular flexibility index (Phi) is 6.55. The van der Waals surface area contributed by atoms with Gasteiger partial charge in [-0.1, -0.05) is 6.92 Å². The highest BCUT2D eigenvalue weighted by atomic mass is 35.5. The molecule has 0 bridgehead atoms. The molecule has 2 heteroatoms. The summed E-state index contributed by atoms with van der Waals surface area (Å²) in [7, 11) is 0. The predicted octanol–water partition coefficient (Wildman–Crippen LogP) is 2.60. The lowest BCUT2D eigenvalue weighted by molar-refractivity contribution is 0.186. The Hall–Kier alpha value is 0.250. The standard InChI is InChI=1S/C7H14ClO/c1-2-7(8)5-3-4-6-9/h7H,2-6H2,1H3. The lowest BCUT2D eigenvalue weighted by atomic mass is 10.1. The van der Waals surface area contributed by atoms with Crippen molar-refractivity contribution in [2.24, 2.45) is 0 Å². The van der Waals surface area contributed by atoms with E-state index in [1.165, 1.54) is 0 Å². The average molecular weight is 150 g/mol. The molecule has 0 aliphatic carbocycles. The van der Waals surface area contributed by atoms with Gasteiger partial charge >= 0.3 is 0 Å². The lowest BCUT2D eigenvalue weighted by Gasteiger charge is -2.02. The Morgan fingerprint density at radius 3 is 2.56 bits per heavy atom. The van der Waals surface area contributed by atoms with Crippen LogP contribution in [0.4, 0.5) is 0 Å². The zero-order chi connectivity index (χ0) is 7.11. The first-order valence-corrected chi connectivity index (χ1v) is 3.97. The van der Waals surface area contributed by atoms with Crippen molar-refractivity contribution >= 4 is 11.6 Å². The second-order valence-corrected chi connectivity index (χ2v) is 2.82. The number of halogens is 1. The van der Waals surface area contributed by atoms with Gasteiger partial charge in [0.2, 0.25) is 0 Å². The number of rotatable bonds is 5. The SMILES string of the molecule is CCC(Cl)CCCC[O]. The zero-order valence-corrected chi connectivity index (χ0v) is 6.66. The molecule has 1 radical (unpaired) electrons. The van der Waals surface area contributed by atoms with E-state index in [0.29, 0.717) is 0 Å². The minimum Gasteiger partial charge on any atom is -0.237 e. The molecule has 0 saturated carbocycles. The molecular formula is C7H14ClO. The van der Waals surface area contributed by atoms with Gasteiger partial charge in [-0.3, -0.25) is 0 Å². The summed E-state index contributed by atoms with van der Waals surface area (Å²) in [5.74, 6) is 0. The van der Waals surface area contributed by atoms with Crippen LogP contribution in [0.25, 0.3) is 0 Å². The molecular weight excluding hydrogens is 136 g/mol. The Morgan fingerprint density at radius 2 is 2.11 bits per heavy atom. The predicted molar refractivity (Wildman–Crippen MR) is 39.3 cm³/mol. The lowest BCUT2D eigenvalue weighted by Crippen LogP contribution is -1.95. The van der Waals surface area contributed by atoms with Crippen molar-refractivity contribution in [1.29, 1.82) is 0 Å². The monoisotopic (exact) mass is 149 g/mol. The topological polar surface area (TPSA) is 19.9 Å². The third-order valence-corrected chi connectivity index (χ3v) is 1.88. The quantitative estimate of drug-likeness (QED) is 0.423. The van der Waals surface area contributed by atoms with Crippen molar-refractivity contribution < 1.29 is 5.11 Å². The van der Waals surface area contributed by atoms with Gasteiger partial charge in [0.15, 0.2) is 0 Å². The first-order valence-electron chi connectivity index (χ1n) is 3.53. The van der Waals surface area contributed by atoms with E-state index in [1.54, 1.807) is 0 Å². The number of alkyl halides is 1. The molecule has 0 aromatic carbocycles. The Balaban J connectivity index is 2.88. The molecule has 0 aromatic heterocycles. The maximum absolute atomic E-state index is 9.96. The van der Waals surface area contributed by atoms with Gasteiger partial charge in [0, 0.05) is 5.38 Å². The van der Waals surface area contributed by atoms with Gasteiger partial charge in [-0.05, 0) is 25.7 Å². The van der Waals surface area contributed by atoms with E-state index < -0.39 is 0 Å². The van der Waals surface area contributed by atoms with Crippen molar-refractivity contribution in [1.82, 2.24) is 0 Å². The van der Waals surface area contributed by atoms with E-state index >= 15 is 0 Å². The van der Waals surface area contributed by atoms with Gasteiger partial charge < -0.3 is 0 Å². The molecule has 1 unspecified atom stereocenters. The third-order valence-electron chi connectivity index (χ3n) is 1.35. The fourth-order valence-electron chi connectivity index (χ4n) is 0.672. The highest BCUT2D eigenvalue weighted by Crippen LogP contribution is 2.09. The Morgan fingerprint density at radius 1 is 1.44 bits per heavy atom. The average Bonchev–Trinajstić information content (AvgIpc) is 1.89. The van der Waals surface area contributed by atoms with Crippen LogP contribution < -0.4 is 0 Å². The zero-order valence-electron chi connectivity index (χ0n) is 5.90. The van der Waals surface area contributed by atoms with Crippen LogP contribution in [0.1, 0.15) is 32.6 Å². The molecule has 0 rings (SSSR count). The van der Waals surface area contributed by atoms with Crippen LogP contribution in [0.5, 0.6) is 0 Å². The fourth-order valence-corrected chi connectivity index (χ4v) is 0.826. The molecule has 0 amide bonds. The van der Waals surface area contributed by atoms with Crippen LogP contribution in [-0.4, -0.2) is 12.0 Å². The van der Waals surface area contributed by atoms with E-state index in [9.17, 15) is 5.11 Å². The molecule has 0 aliphatic rings. The maximum Gasteiger partial charge on any atom is 0.0822 e. The molecule has 0 spiro atoms. The van der Waals surface area contributed by atoms with Crippen LogP contribution in [0.3, 0.4) is 0 Å². The van der Waals surface area contributed by atoms with Gasteiger partial charge in [-0.25, -0.2) is 5.11 Å². The van der Waals surface area contributed by atoms with E-state index in [4.69, 9.17) is 11.6 Å². The van der Waals surface area contributed by atoms with Gasteiger partial charge in [0.05, 0.1) is 6.61 Å². The summed E-state index contributed by atoms with van der Waals surface area (Å²) in [6.07, 6.45) is 3.79. The van der Waals surface area contributed by atoms with Crippen molar-refractivity contribution in [3.05, 3.63) is 0 Å². The van der Waals surface area contributed by atoms with Crippen molar-refractivity contribution in [2.75, 3.05) is 6.61 Å². The van der Waals surface area contributed by atoms with Gasteiger partial charge in [-0.2, -0.15) is 0 Å². The normalized spacial score (nSPS) is 13.7. The second-order valence-electron chi connectivity index (χ2n) is 2.21. The number of hydrogen-bond donors (Lipinski definition) is 0. The number of unbranched alkanes of at least 4 members (excludes halogenated alkanes) is 1. The molecule has 0 aromatic rings. The summed E-state index contributed by atoms with van der Waals surface area (Å²) < 4.78 is 0. The first-order chi connectivity index (χ1) is 4.31. The van der Waals surface area contributed by atoms with Crippen LogP contribution in [0, 0.1) is 0 Å². The summed E-state index contributed by atoms with van der Waals surface area (Å²) in [4.78, 5) is 0. The van der Waals surface area contributed by atoms with E-state index in [-0.39, 0.29) is 12.0 Å². The summed E-state index contributed by atoms with van der Waals surface area (Å²) in [5.41, 5.74) is 0. The maximum atomic E-state index is 9.96. The van der Waals surface area contributed by atoms with Crippen LogP contribution in [-0.2, 0) is 5.11 Å². The molecule has 9 heavy (non-hydrogen) atoms. The summed E-state index contributed by atoms with van der Waals surface area (Å²) in [6.45, 7) is 2.11. The van der Waals surface area contributed by atoms with Crippen molar-refractivity contribution in [2.45, 2.75) is 38.0 Å². The highest BCUT2D eigenvalue weighted by Gasteiger charge is 1.98. The van der Waals surface area contributed by atoms with Gasteiger partial charge in [-0.15, -0.1) is 11.6 Å². The van der Waals surface area contributed by atoms with E-state index in [0.717, 1.165) is 25.7 Å². The third kappa shape index (κ3) is 6.13. The smallest absolute Gasteiger partial charge is 0.0822 e. The minimum absolute atomic E-state index is 0.0489. The largest absolute Gasteiger partial charge is 0.237 e. The molecule has 1 atom stereocenters. The molecule has 0 heterocycles. The van der Waals surface area contributed by atoms with E-state index in [2.05, 4.69) is 6.92 Å². The van der Waals surface area contributed by atoms with Crippen LogP contribution in [0.2, 0.25) is 0 Å². The van der Waals surface area contributed by atoms with Gasteiger partial charge in [0.1, 0.15) is 0 Å².